The van der Waals surface area contributed by atoms with Crippen molar-refractivity contribution in [3.8, 4) is 0 Å². The molecule has 1 saturated carbocycles. The minimum absolute atomic E-state index is 0.785. The van der Waals surface area contributed by atoms with Gasteiger partial charge >= 0.3 is 0 Å². The Balaban J connectivity index is 1.83. The Kier molecular flexibility index (Phi) is 4.97. The molecule has 0 aliphatic heterocycles. The van der Waals surface area contributed by atoms with Gasteiger partial charge in [-0.25, -0.2) is 0 Å². The maximum Gasteiger partial charge on any atom is 0.0236 e. The third kappa shape index (κ3) is 4.28. The van der Waals surface area contributed by atoms with Crippen molar-refractivity contribution < 1.29 is 0 Å². The minimum atomic E-state index is 0.785. The summed E-state index contributed by atoms with van der Waals surface area (Å²) in [5.74, 6) is 0. The summed E-state index contributed by atoms with van der Waals surface area (Å²) in [6.45, 7) is 10.0. The summed E-state index contributed by atoms with van der Waals surface area (Å²) < 4.78 is 0. The van der Waals surface area contributed by atoms with Crippen molar-refractivity contribution in [1.29, 1.82) is 0 Å². The number of hydrogen-bond donors (Lipinski definition) is 1. The van der Waals surface area contributed by atoms with Crippen LogP contribution in [0.5, 0.6) is 0 Å². The van der Waals surface area contributed by atoms with Gasteiger partial charge in [0.05, 0.1) is 0 Å². The zero-order valence-corrected chi connectivity index (χ0v) is 11.4. The molecule has 0 aromatic heterocycles. The van der Waals surface area contributed by atoms with Crippen molar-refractivity contribution in [2.75, 3.05) is 13.1 Å². The van der Waals surface area contributed by atoms with Crippen LogP contribution < -0.4 is 5.32 Å². The molecule has 0 saturated heterocycles. The lowest BCUT2D eigenvalue weighted by molar-refractivity contribution is 0.311. The van der Waals surface area contributed by atoms with E-state index < -0.39 is 0 Å². The first-order chi connectivity index (χ1) is 8.81. The van der Waals surface area contributed by atoms with Gasteiger partial charge in [0.25, 0.3) is 0 Å². The van der Waals surface area contributed by atoms with E-state index in [9.17, 15) is 0 Å². The fraction of sp³-hybridized carbons (Fsp3) is 0.500. The number of hydrogen-bond acceptors (Lipinski definition) is 2. The fourth-order valence-corrected chi connectivity index (χ4v) is 2.06. The van der Waals surface area contributed by atoms with Crippen LogP contribution in [0.4, 0.5) is 0 Å². The van der Waals surface area contributed by atoms with Crippen molar-refractivity contribution >= 4 is 0 Å². The predicted molar refractivity (Wildman–Crippen MR) is 77.5 cm³/mol. The second-order valence-corrected chi connectivity index (χ2v) is 5.09. The molecule has 2 nitrogen and oxygen atoms in total. The summed E-state index contributed by atoms with van der Waals surface area (Å²) in [5.41, 5.74) is 2.77. The van der Waals surface area contributed by atoms with Crippen LogP contribution in [0.15, 0.2) is 36.9 Å². The van der Waals surface area contributed by atoms with E-state index in [4.69, 9.17) is 0 Å². The maximum absolute atomic E-state index is 3.80. The van der Waals surface area contributed by atoms with Crippen LogP contribution in [0.2, 0.25) is 0 Å². The molecule has 0 unspecified atom stereocenters. The molecule has 0 heterocycles. The van der Waals surface area contributed by atoms with Crippen LogP contribution in [-0.2, 0) is 13.1 Å². The van der Waals surface area contributed by atoms with E-state index in [0.717, 1.165) is 32.2 Å². The summed E-state index contributed by atoms with van der Waals surface area (Å²) in [5, 5.41) is 3.54. The second-order valence-electron chi connectivity index (χ2n) is 5.09. The smallest absolute Gasteiger partial charge is 0.0236 e. The van der Waals surface area contributed by atoms with E-state index in [1.807, 2.05) is 6.08 Å². The minimum Gasteiger partial charge on any atom is -0.310 e. The Bertz CT molecular complexity index is 365. The van der Waals surface area contributed by atoms with Gasteiger partial charge in [-0.3, -0.25) is 4.90 Å². The molecule has 18 heavy (non-hydrogen) atoms. The van der Waals surface area contributed by atoms with Gasteiger partial charge in [-0.15, -0.1) is 6.58 Å². The van der Waals surface area contributed by atoms with Crippen LogP contribution in [0.3, 0.4) is 0 Å². The molecule has 1 aromatic rings. The third-order valence-corrected chi connectivity index (χ3v) is 3.44. The Labute approximate surface area is 111 Å². The zero-order chi connectivity index (χ0) is 12.8. The van der Waals surface area contributed by atoms with Crippen molar-refractivity contribution in [3.05, 3.63) is 48.0 Å². The van der Waals surface area contributed by atoms with Gasteiger partial charge in [-0.2, -0.15) is 0 Å². The summed E-state index contributed by atoms with van der Waals surface area (Å²) in [4.78, 5) is 2.38. The van der Waals surface area contributed by atoms with Gasteiger partial charge < -0.3 is 5.32 Å². The number of benzene rings is 1. The normalized spacial score (nSPS) is 15.0. The molecule has 2 heteroatoms. The molecule has 0 bridgehead atoms. The Morgan fingerprint density at radius 3 is 2.50 bits per heavy atom. The van der Waals surface area contributed by atoms with Gasteiger partial charge in [0, 0.05) is 25.7 Å². The highest BCUT2D eigenvalue weighted by Crippen LogP contribution is 2.19. The van der Waals surface area contributed by atoms with Crippen molar-refractivity contribution in [2.45, 2.75) is 38.9 Å². The molecule has 0 amide bonds. The first-order valence-electron chi connectivity index (χ1n) is 6.96. The first kappa shape index (κ1) is 13.3. The van der Waals surface area contributed by atoms with E-state index in [1.54, 1.807) is 0 Å². The molecule has 1 aliphatic carbocycles. The van der Waals surface area contributed by atoms with Gasteiger partial charge in [0.2, 0.25) is 0 Å². The molecule has 1 aliphatic rings. The Morgan fingerprint density at radius 1 is 1.28 bits per heavy atom. The molecule has 2 rings (SSSR count). The highest BCUT2D eigenvalue weighted by molar-refractivity contribution is 5.22. The van der Waals surface area contributed by atoms with Crippen LogP contribution >= 0.6 is 0 Å². The highest BCUT2D eigenvalue weighted by atomic mass is 15.1. The lowest BCUT2D eigenvalue weighted by atomic mass is 10.1. The molecule has 0 atom stereocenters. The summed E-state index contributed by atoms with van der Waals surface area (Å²) in [6, 6.07) is 9.76. The second kappa shape index (κ2) is 6.72. The predicted octanol–water partition coefficient (Wildman–Crippen LogP) is 2.95. The average Bonchev–Trinajstić information content (AvgIpc) is 3.21. The fourth-order valence-electron chi connectivity index (χ4n) is 2.06. The van der Waals surface area contributed by atoms with Gasteiger partial charge in [0.1, 0.15) is 0 Å². The number of likely N-dealkylation sites (N-methyl/N-ethyl adjacent to an activating group) is 1. The van der Waals surface area contributed by atoms with Crippen LogP contribution in [0, 0.1) is 0 Å². The summed E-state index contributed by atoms with van der Waals surface area (Å²) in [7, 11) is 0. The van der Waals surface area contributed by atoms with E-state index in [0.29, 0.717) is 0 Å². The lowest BCUT2D eigenvalue weighted by Crippen LogP contribution is -2.22. The molecule has 1 N–H and O–H groups in total. The van der Waals surface area contributed by atoms with Gasteiger partial charge in [-0.1, -0.05) is 37.3 Å². The Morgan fingerprint density at radius 2 is 1.94 bits per heavy atom. The third-order valence-electron chi connectivity index (χ3n) is 3.44. The molecule has 0 spiro atoms. The van der Waals surface area contributed by atoms with E-state index in [2.05, 4.69) is 48.0 Å². The number of nitrogens with one attached hydrogen (secondary N) is 1. The lowest BCUT2D eigenvalue weighted by Gasteiger charge is -2.18. The standard InChI is InChI=1S/C16H24N2/c1-3-11-18(4-2)13-15-7-5-14(6-8-15)12-17-16-9-10-16/h3,5-8,16-17H,1,4,9-13H2,2H3. The summed E-state index contributed by atoms with van der Waals surface area (Å²) >= 11 is 0. The number of rotatable bonds is 8. The average molecular weight is 244 g/mol. The van der Waals surface area contributed by atoms with Crippen LogP contribution in [-0.4, -0.2) is 24.0 Å². The zero-order valence-electron chi connectivity index (χ0n) is 11.4. The van der Waals surface area contributed by atoms with Crippen molar-refractivity contribution in [2.24, 2.45) is 0 Å². The molecular formula is C16H24N2. The molecule has 1 fully saturated rings. The van der Waals surface area contributed by atoms with Gasteiger partial charge in [-0.05, 0) is 30.5 Å². The Hall–Kier alpha value is -1.12. The molecule has 98 valence electrons. The van der Waals surface area contributed by atoms with E-state index >= 15 is 0 Å². The van der Waals surface area contributed by atoms with E-state index in [-0.39, 0.29) is 0 Å². The topological polar surface area (TPSA) is 15.3 Å². The monoisotopic (exact) mass is 244 g/mol. The number of nitrogens with zero attached hydrogens (tertiary/aromatic N) is 1. The first-order valence-corrected chi connectivity index (χ1v) is 6.96. The van der Waals surface area contributed by atoms with E-state index in [1.165, 1.54) is 24.0 Å². The SMILES string of the molecule is C=CCN(CC)Cc1ccc(CNC2CC2)cc1. The molecular weight excluding hydrogens is 220 g/mol. The quantitative estimate of drug-likeness (QED) is 0.707. The maximum atomic E-state index is 3.80. The molecule has 1 aromatic carbocycles. The summed E-state index contributed by atoms with van der Waals surface area (Å²) in [6.07, 6.45) is 4.67. The molecule has 0 radical (unpaired) electrons. The highest BCUT2D eigenvalue weighted by Gasteiger charge is 2.19. The largest absolute Gasteiger partial charge is 0.310 e. The van der Waals surface area contributed by atoms with Gasteiger partial charge in [0.15, 0.2) is 0 Å². The van der Waals surface area contributed by atoms with Crippen molar-refractivity contribution in [1.82, 2.24) is 10.2 Å². The van der Waals surface area contributed by atoms with Crippen molar-refractivity contribution in [3.63, 3.8) is 0 Å². The van der Waals surface area contributed by atoms with Crippen LogP contribution in [0.1, 0.15) is 30.9 Å². The van der Waals surface area contributed by atoms with Crippen LogP contribution in [0.25, 0.3) is 0 Å².